The van der Waals surface area contributed by atoms with Crippen LogP contribution in [0.3, 0.4) is 0 Å². The van der Waals surface area contributed by atoms with Gasteiger partial charge in [0, 0.05) is 7.05 Å². The second-order valence-electron chi connectivity index (χ2n) is 2.85. The number of amides is 1. The SMILES string of the molecule is CN(C(=O)C(F)(F)F)c1ccccc1O. The van der Waals surface area contributed by atoms with Crippen LogP contribution in [0.1, 0.15) is 0 Å². The van der Waals surface area contributed by atoms with Gasteiger partial charge in [0.15, 0.2) is 0 Å². The van der Waals surface area contributed by atoms with Gasteiger partial charge in [-0.3, -0.25) is 4.79 Å². The number of halogens is 3. The summed E-state index contributed by atoms with van der Waals surface area (Å²) in [5.41, 5.74) is -0.181. The first kappa shape index (κ1) is 11.4. The van der Waals surface area contributed by atoms with Crippen molar-refractivity contribution >= 4 is 11.6 Å². The molecule has 0 heterocycles. The van der Waals surface area contributed by atoms with Gasteiger partial charge < -0.3 is 10.0 Å². The molecule has 1 amide bonds. The lowest BCUT2D eigenvalue weighted by atomic mass is 10.2. The molecule has 0 saturated carbocycles. The van der Waals surface area contributed by atoms with Crippen LogP contribution in [-0.2, 0) is 4.79 Å². The van der Waals surface area contributed by atoms with Gasteiger partial charge >= 0.3 is 12.1 Å². The number of phenolic OH excluding ortho intramolecular Hbond substituents is 1. The first-order valence-electron chi connectivity index (χ1n) is 3.97. The van der Waals surface area contributed by atoms with Gasteiger partial charge in [-0.25, -0.2) is 0 Å². The predicted molar refractivity (Wildman–Crippen MR) is 47.6 cm³/mol. The zero-order valence-corrected chi connectivity index (χ0v) is 7.75. The molecule has 1 aromatic rings. The molecule has 0 aliphatic carbocycles. The van der Waals surface area contributed by atoms with Crippen molar-refractivity contribution in [2.75, 3.05) is 11.9 Å². The van der Waals surface area contributed by atoms with Crippen LogP contribution in [0.4, 0.5) is 18.9 Å². The zero-order chi connectivity index (χ0) is 11.6. The minimum atomic E-state index is -4.95. The van der Waals surface area contributed by atoms with Crippen molar-refractivity contribution in [3.63, 3.8) is 0 Å². The van der Waals surface area contributed by atoms with Crippen molar-refractivity contribution in [2.24, 2.45) is 0 Å². The molecule has 0 atom stereocenters. The van der Waals surface area contributed by atoms with Crippen LogP contribution in [0.25, 0.3) is 0 Å². The highest BCUT2D eigenvalue weighted by molar-refractivity contribution is 5.97. The number of para-hydroxylation sites is 2. The average Bonchev–Trinajstić information content (AvgIpc) is 2.15. The molecular formula is C9H8F3NO2. The van der Waals surface area contributed by atoms with Crippen molar-refractivity contribution in [1.29, 1.82) is 0 Å². The lowest BCUT2D eigenvalue weighted by Crippen LogP contribution is -2.38. The van der Waals surface area contributed by atoms with Crippen molar-refractivity contribution in [3.8, 4) is 5.75 Å². The molecule has 0 saturated heterocycles. The van der Waals surface area contributed by atoms with Crippen molar-refractivity contribution < 1.29 is 23.1 Å². The molecule has 0 spiro atoms. The van der Waals surface area contributed by atoms with Crippen molar-refractivity contribution in [2.45, 2.75) is 6.18 Å². The molecule has 0 fully saturated rings. The van der Waals surface area contributed by atoms with Crippen LogP contribution in [0.15, 0.2) is 24.3 Å². The Morgan fingerprint density at radius 3 is 2.33 bits per heavy atom. The largest absolute Gasteiger partial charge is 0.506 e. The van der Waals surface area contributed by atoms with E-state index >= 15 is 0 Å². The third kappa shape index (κ3) is 2.39. The minimum absolute atomic E-state index is 0.181. The molecule has 1 N–H and O–H groups in total. The molecule has 1 rings (SSSR count). The van der Waals surface area contributed by atoms with E-state index in [-0.39, 0.29) is 11.4 Å². The Kier molecular flexibility index (Phi) is 2.88. The fourth-order valence-corrected chi connectivity index (χ4v) is 1.05. The Hall–Kier alpha value is -1.72. The first-order chi connectivity index (χ1) is 6.84. The number of phenols is 1. The highest BCUT2D eigenvalue weighted by atomic mass is 19.4. The number of carbonyl (C=O) groups is 1. The number of rotatable bonds is 1. The van der Waals surface area contributed by atoms with E-state index in [0.717, 1.165) is 7.05 Å². The minimum Gasteiger partial charge on any atom is -0.506 e. The van der Waals surface area contributed by atoms with Gasteiger partial charge in [0.1, 0.15) is 5.75 Å². The number of hydrogen-bond acceptors (Lipinski definition) is 2. The van der Waals surface area contributed by atoms with E-state index in [1.807, 2.05) is 0 Å². The van der Waals surface area contributed by atoms with E-state index in [0.29, 0.717) is 4.90 Å². The zero-order valence-electron chi connectivity index (χ0n) is 7.75. The van der Waals surface area contributed by atoms with Crippen LogP contribution in [0.5, 0.6) is 5.75 Å². The predicted octanol–water partition coefficient (Wildman–Crippen LogP) is 1.92. The van der Waals surface area contributed by atoms with E-state index in [1.165, 1.54) is 24.3 Å². The Morgan fingerprint density at radius 2 is 1.87 bits per heavy atom. The van der Waals surface area contributed by atoms with Crippen molar-refractivity contribution in [1.82, 2.24) is 0 Å². The number of nitrogens with zero attached hydrogens (tertiary/aromatic N) is 1. The van der Waals surface area contributed by atoms with Crippen LogP contribution in [0.2, 0.25) is 0 Å². The highest BCUT2D eigenvalue weighted by Gasteiger charge is 2.42. The summed E-state index contributed by atoms with van der Waals surface area (Å²) in [4.78, 5) is 11.2. The summed E-state index contributed by atoms with van der Waals surface area (Å²) < 4.78 is 36.1. The molecule has 3 nitrogen and oxygen atoms in total. The van der Waals surface area contributed by atoms with E-state index in [4.69, 9.17) is 0 Å². The van der Waals surface area contributed by atoms with Gasteiger partial charge in [-0.05, 0) is 12.1 Å². The maximum Gasteiger partial charge on any atom is 0.471 e. The Labute approximate surface area is 83.7 Å². The molecule has 0 aliphatic heterocycles. The number of hydrogen-bond donors (Lipinski definition) is 1. The smallest absolute Gasteiger partial charge is 0.471 e. The number of benzene rings is 1. The third-order valence-corrected chi connectivity index (χ3v) is 1.79. The Bertz CT molecular complexity index is 376. The van der Waals surface area contributed by atoms with Gasteiger partial charge in [-0.15, -0.1) is 0 Å². The summed E-state index contributed by atoms with van der Waals surface area (Å²) in [5, 5.41) is 9.23. The monoisotopic (exact) mass is 219 g/mol. The van der Waals surface area contributed by atoms with E-state index < -0.39 is 12.1 Å². The summed E-state index contributed by atoms with van der Waals surface area (Å²) in [5.74, 6) is -2.40. The second kappa shape index (κ2) is 3.80. The number of anilines is 1. The van der Waals surface area contributed by atoms with Crippen LogP contribution in [-0.4, -0.2) is 24.2 Å². The van der Waals surface area contributed by atoms with Crippen LogP contribution in [0, 0.1) is 0 Å². The van der Waals surface area contributed by atoms with Gasteiger partial charge in [0.2, 0.25) is 0 Å². The van der Waals surface area contributed by atoms with Crippen molar-refractivity contribution in [3.05, 3.63) is 24.3 Å². The van der Waals surface area contributed by atoms with Gasteiger partial charge in [-0.2, -0.15) is 13.2 Å². The van der Waals surface area contributed by atoms with Crippen LogP contribution >= 0.6 is 0 Å². The van der Waals surface area contributed by atoms with E-state index in [9.17, 15) is 23.1 Å². The second-order valence-corrected chi connectivity index (χ2v) is 2.85. The quantitative estimate of drug-likeness (QED) is 0.783. The van der Waals surface area contributed by atoms with Gasteiger partial charge in [0.05, 0.1) is 5.69 Å². The summed E-state index contributed by atoms with van der Waals surface area (Å²) >= 11 is 0. The summed E-state index contributed by atoms with van der Waals surface area (Å²) in [6.45, 7) is 0. The highest BCUT2D eigenvalue weighted by Crippen LogP contribution is 2.28. The molecule has 82 valence electrons. The topological polar surface area (TPSA) is 40.5 Å². The molecule has 0 unspecified atom stereocenters. The molecule has 0 bridgehead atoms. The number of aromatic hydroxyl groups is 1. The molecule has 0 aliphatic rings. The lowest BCUT2D eigenvalue weighted by Gasteiger charge is -2.19. The normalized spacial score (nSPS) is 11.2. The lowest BCUT2D eigenvalue weighted by molar-refractivity contribution is -0.170. The van der Waals surface area contributed by atoms with Crippen LogP contribution < -0.4 is 4.90 Å². The van der Waals surface area contributed by atoms with E-state index in [2.05, 4.69) is 0 Å². The maximum absolute atomic E-state index is 12.0. The summed E-state index contributed by atoms with van der Waals surface area (Å²) in [6, 6.07) is 5.30. The third-order valence-electron chi connectivity index (χ3n) is 1.79. The molecule has 1 aromatic carbocycles. The number of carbonyl (C=O) groups excluding carboxylic acids is 1. The fourth-order valence-electron chi connectivity index (χ4n) is 1.05. The van der Waals surface area contributed by atoms with Gasteiger partial charge in [0.25, 0.3) is 0 Å². The summed E-state index contributed by atoms with van der Waals surface area (Å²) in [6.07, 6.45) is -4.95. The average molecular weight is 219 g/mol. The molecular weight excluding hydrogens is 211 g/mol. The first-order valence-corrected chi connectivity index (χ1v) is 3.97. The molecule has 0 radical (unpaired) electrons. The standard InChI is InChI=1S/C9H8F3NO2/c1-13(8(15)9(10,11)12)6-4-2-3-5-7(6)14/h2-5,14H,1H3. The van der Waals surface area contributed by atoms with Gasteiger partial charge in [-0.1, -0.05) is 12.1 Å². The Morgan fingerprint density at radius 1 is 1.33 bits per heavy atom. The fraction of sp³-hybridized carbons (Fsp3) is 0.222. The number of alkyl halides is 3. The molecule has 0 aromatic heterocycles. The van der Waals surface area contributed by atoms with E-state index in [1.54, 1.807) is 0 Å². The molecule has 15 heavy (non-hydrogen) atoms. The molecule has 6 heteroatoms. The summed E-state index contributed by atoms with van der Waals surface area (Å²) in [7, 11) is 0.949. The maximum atomic E-state index is 12.0. The Balaban J connectivity index is 3.01.